The molecule has 0 saturated carbocycles. The lowest BCUT2D eigenvalue weighted by Crippen LogP contribution is -1.92. The van der Waals surface area contributed by atoms with Gasteiger partial charge in [0.2, 0.25) is 0 Å². The third kappa shape index (κ3) is 3.67. The second kappa shape index (κ2) is 8.87. The van der Waals surface area contributed by atoms with E-state index in [1.807, 2.05) is 22.7 Å². The van der Waals surface area contributed by atoms with Gasteiger partial charge in [-0.25, -0.2) is 0 Å². The minimum Gasteiger partial charge on any atom is -0.497 e. The van der Waals surface area contributed by atoms with E-state index in [0.29, 0.717) is 0 Å². The van der Waals surface area contributed by atoms with Crippen molar-refractivity contribution in [1.82, 2.24) is 0 Å². The van der Waals surface area contributed by atoms with Gasteiger partial charge in [-0.1, -0.05) is 24.3 Å². The number of methoxy groups -OCH3 is 2. The van der Waals surface area contributed by atoms with E-state index in [1.54, 1.807) is 14.2 Å². The molecule has 0 N–H and O–H groups in total. The first kappa shape index (κ1) is 23.3. The molecule has 0 bridgehead atoms. The summed E-state index contributed by atoms with van der Waals surface area (Å²) in [6, 6.07) is 31.2. The molecule has 0 aliphatic carbocycles. The maximum atomic E-state index is 5.49. The van der Waals surface area contributed by atoms with Crippen molar-refractivity contribution in [2.24, 2.45) is 0 Å². The molecule has 186 valence electrons. The molecule has 38 heavy (non-hydrogen) atoms. The molecule has 0 aliphatic rings. The largest absolute Gasteiger partial charge is 0.497 e. The number of rotatable bonds is 4. The average molecular weight is 531 g/mol. The number of aryl methyl sites for hydroxylation is 2. The van der Waals surface area contributed by atoms with Crippen molar-refractivity contribution >= 4 is 64.4 Å². The van der Waals surface area contributed by atoms with Gasteiger partial charge in [-0.2, -0.15) is 0 Å². The lowest BCUT2D eigenvalue weighted by molar-refractivity contribution is 0.415. The van der Waals surface area contributed by atoms with Gasteiger partial charge in [-0.05, 0) is 129 Å². The molecule has 0 saturated heterocycles. The monoisotopic (exact) mass is 530 g/mol. The van der Waals surface area contributed by atoms with Crippen LogP contribution >= 0.6 is 22.7 Å². The molecule has 0 fully saturated rings. The average Bonchev–Trinajstić information content (AvgIpc) is 3.49. The Bertz CT molecular complexity index is 1750. The molecule has 2 nitrogen and oxygen atoms in total. The van der Waals surface area contributed by atoms with Gasteiger partial charge in [0, 0.05) is 19.2 Å². The van der Waals surface area contributed by atoms with Crippen molar-refractivity contribution in [3.05, 3.63) is 94.7 Å². The first-order valence-corrected chi connectivity index (χ1v) is 14.3. The standard InChI is InChI=1S/C34H26O2S2/c1-19-13-23-15-27-29(17-31(23)37-19)34(22-7-11-26(36-4)12-8-22)28-16-24-14-20(2)38-32(24)18-30(28)33(27)21-5-9-25(35-3)10-6-21/h5-18H,1-4H3. The second-order valence-electron chi connectivity index (χ2n) is 9.79. The molecule has 5 aromatic carbocycles. The van der Waals surface area contributed by atoms with E-state index in [1.165, 1.54) is 73.7 Å². The maximum Gasteiger partial charge on any atom is 0.118 e. The van der Waals surface area contributed by atoms with Crippen LogP contribution in [0.15, 0.2) is 84.9 Å². The molecule has 0 radical (unpaired) electrons. The van der Waals surface area contributed by atoms with E-state index >= 15 is 0 Å². The third-order valence-corrected chi connectivity index (χ3v) is 9.42. The quantitative estimate of drug-likeness (QED) is 0.211. The Morgan fingerprint density at radius 3 is 1.21 bits per heavy atom. The Morgan fingerprint density at radius 1 is 0.474 bits per heavy atom. The molecular weight excluding hydrogens is 505 g/mol. The molecule has 0 atom stereocenters. The Hall–Kier alpha value is -3.86. The summed E-state index contributed by atoms with van der Waals surface area (Å²) in [5, 5.41) is 7.67. The highest BCUT2D eigenvalue weighted by Gasteiger charge is 2.19. The third-order valence-electron chi connectivity index (χ3n) is 7.39. The molecule has 7 aromatic rings. The first-order valence-electron chi connectivity index (χ1n) is 12.6. The fraction of sp³-hybridized carbons (Fsp3) is 0.118. The smallest absolute Gasteiger partial charge is 0.118 e. The van der Waals surface area contributed by atoms with E-state index in [0.717, 1.165) is 11.5 Å². The zero-order valence-electron chi connectivity index (χ0n) is 21.7. The molecule has 0 unspecified atom stereocenters. The number of hydrogen-bond donors (Lipinski definition) is 0. The van der Waals surface area contributed by atoms with Gasteiger partial charge < -0.3 is 9.47 Å². The van der Waals surface area contributed by atoms with Crippen LogP contribution in [0.4, 0.5) is 0 Å². The molecule has 4 heteroatoms. The Kier molecular flexibility index (Phi) is 5.43. The van der Waals surface area contributed by atoms with Crippen LogP contribution in [0.2, 0.25) is 0 Å². The van der Waals surface area contributed by atoms with Gasteiger partial charge in [-0.15, -0.1) is 22.7 Å². The normalized spacial score (nSPS) is 11.7. The number of hydrogen-bond acceptors (Lipinski definition) is 4. The predicted molar refractivity (Wildman–Crippen MR) is 166 cm³/mol. The van der Waals surface area contributed by atoms with Crippen molar-refractivity contribution in [3.8, 4) is 33.8 Å². The van der Waals surface area contributed by atoms with Crippen LogP contribution < -0.4 is 9.47 Å². The number of ether oxygens (including phenoxy) is 2. The van der Waals surface area contributed by atoms with Gasteiger partial charge in [-0.3, -0.25) is 0 Å². The summed E-state index contributed by atoms with van der Waals surface area (Å²) >= 11 is 3.72. The van der Waals surface area contributed by atoms with Crippen LogP contribution in [-0.2, 0) is 0 Å². The van der Waals surface area contributed by atoms with Crippen LogP contribution in [0.25, 0.3) is 64.0 Å². The Morgan fingerprint density at radius 2 is 0.842 bits per heavy atom. The van der Waals surface area contributed by atoms with Crippen molar-refractivity contribution in [3.63, 3.8) is 0 Å². The number of thiophene rings is 2. The molecule has 0 aliphatic heterocycles. The summed E-state index contributed by atoms with van der Waals surface area (Å²) in [5.41, 5.74) is 4.93. The summed E-state index contributed by atoms with van der Waals surface area (Å²) in [6.07, 6.45) is 0. The van der Waals surface area contributed by atoms with Crippen molar-refractivity contribution in [2.75, 3.05) is 14.2 Å². The fourth-order valence-electron chi connectivity index (χ4n) is 5.69. The topological polar surface area (TPSA) is 18.5 Å². The lowest BCUT2D eigenvalue weighted by atomic mass is 9.85. The second-order valence-corrected chi connectivity index (χ2v) is 12.4. The summed E-state index contributed by atoms with van der Waals surface area (Å²) < 4.78 is 13.6. The van der Waals surface area contributed by atoms with Gasteiger partial charge in [0.25, 0.3) is 0 Å². The minimum absolute atomic E-state index is 0.865. The summed E-state index contributed by atoms with van der Waals surface area (Å²) in [6.45, 7) is 4.38. The van der Waals surface area contributed by atoms with Crippen molar-refractivity contribution in [1.29, 1.82) is 0 Å². The lowest BCUT2D eigenvalue weighted by Gasteiger charge is -2.19. The van der Waals surface area contributed by atoms with E-state index < -0.39 is 0 Å². The van der Waals surface area contributed by atoms with Crippen LogP contribution in [0, 0.1) is 13.8 Å². The first-order chi connectivity index (χ1) is 18.5. The summed E-state index contributed by atoms with van der Waals surface area (Å²) in [5.74, 6) is 1.73. The number of fused-ring (bicyclic) bond motifs is 4. The maximum absolute atomic E-state index is 5.49. The highest BCUT2D eigenvalue weighted by Crippen LogP contribution is 2.47. The van der Waals surface area contributed by atoms with Crippen molar-refractivity contribution < 1.29 is 9.47 Å². The molecule has 2 heterocycles. The van der Waals surface area contributed by atoms with E-state index in [9.17, 15) is 0 Å². The zero-order chi connectivity index (χ0) is 26.0. The SMILES string of the molecule is COc1ccc(-c2c3cc4cc(C)sc4cc3c(-c3ccc(OC)cc3)c3cc4cc(C)sc4cc23)cc1. The molecule has 0 spiro atoms. The fourth-order valence-corrected chi connectivity index (χ4v) is 7.58. The zero-order valence-corrected chi connectivity index (χ0v) is 23.3. The highest BCUT2D eigenvalue weighted by atomic mass is 32.1. The minimum atomic E-state index is 0.865. The van der Waals surface area contributed by atoms with Gasteiger partial charge in [0.15, 0.2) is 0 Å². The number of benzene rings is 5. The van der Waals surface area contributed by atoms with Crippen LogP contribution in [0.5, 0.6) is 11.5 Å². The van der Waals surface area contributed by atoms with Crippen molar-refractivity contribution in [2.45, 2.75) is 13.8 Å². The predicted octanol–water partition coefficient (Wildman–Crippen LogP) is 10.4. The Labute approximate surface area is 229 Å². The van der Waals surface area contributed by atoms with Crippen LogP contribution in [0.1, 0.15) is 9.75 Å². The summed E-state index contributed by atoms with van der Waals surface area (Å²) in [4.78, 5) is 2.65. The highest BCUT2D eigenvalue weighted by molar-refractivity contribution is 7.19. The van der Waals surface area contributed by atoms with Crippen LogP contribution in [-0.4, -0.2) is 14.2 Å². The van der Waals surface area contributed by atoms with E-state index in [4.69, 9.17) is 9.47 Å². The van der Waals surface area contributed by atoms with Crippen LogP contribution in [0.3, 0.4) is 0 Å². The van der Waals surface area contributed by atoms with Gasteiger partial charge in [0.05, 0.1) is 14.2 Å². The Balaban J connectivity index is 1.70. The molecular formula is C34H26O2S2. The molecule has 2 aromatic heterocycles. The van der Waals surface area contributed by atoms with Gasteiger partial charge in [0.1, 0.15) is 11.5 Å². The molecule has 7 rings (SSSR count). The van der Waals surface area contributed by atoms with E-state index in [-0.39, 0.29) is 0 Å². The van der Waals surface area contributed by atoms with Gasteiger partial charge >= 0.3 is 0 Å². The van der Waals surface area contributed by atoms with E-state index in [2.05, 4.69) is 98.8 Å². The summed E-state index contributed by atoms with van der Waals surface area (Å²) in [7, 11) is 3.43. The molecule has 0 amide bonds.